The molecule has 4 heteroatoms. The molecule has 2 aliphatic heterocycles. The number of benzene rings is 1. The molecule has 3 unspecified atom stereocenters. The first kappa shape index (κ1) is 14.2. The van der Waals surface area contributed by atoms with E-state index in [1.54, 1.807) is 0 Å². The second-order valence-corrected chi connectivity index (χ2v) is 6.65. The molecular weight excluding hydrogens is 272 g/mol. The molecule has 2 heterocycles. The van der Waals surface area contributed by atoms with Crippen LogP contribution in [0.3, 0.4) is 0 Å². The summed E-state index contributed by atoms with van der Waals surface area (Å²) in [5, 5.41) is 0.794. The Morgan fingerprint density at radius 2 is 2.30 bits per heavy atom. The fourth-order valence-electron chi connectivity index (χ4n) is 3.38. The Hall–Kier alpha value is -0.770. The Balaban J connectivity index is 1.58. The molecule has 1 saturated heterocycles. The van der Waals surface area contributed by atoms with Gasteiger partial charge < -0.3 is 10.5 Å². The second-order valence-electron chi connectivity index (χ2n) is 6.22. The third kappa shape index (κ3) is 2.95. The minimum Gasteiger partial charge on any atom is -0.488 e. The van der Waals surface area contributed by atoms with Crippen molar-refractivity contribution in [3.05, 3.63) is 28.8 Å². The fourth-order valence-corrected chi connectivity index (χ4v) is 3.57. The highest BCUT2D eigenvalue weighted by Crippen LogP contribution is 2.32. The molecule has 2 aliphatic rings. The molecule has 110 valence electrons. The minimum atomic E-state index is 0.260. The summed E-state index contributed by atoms with van der Waals surface area (Å²) in [6.07, 6.45) is 2.47. The van der Waals surface area contributed by atoms with Crippen molar-refractivity contribution in [1.82, 2.24) is 4.90 Å². The molecular formula is C16H23ClN2O. The highest BCUT2D eigenvalue weighted by molar-refractivity contribution is 6.30. The molecule has 0 bridgehead atoms. The molecule has 1 aromatic rings. The molecule has 0 amide bonds. The van der Waals surface area contributed by atoms with Gasteiger partial charge in [0, 0.05) is 24.5 Å². The molecule has 0 aromatic heterocycles. The van der Waals surface area contributed by atoms with Crippen LogP contribution in [0, 0.1) is 11.8 Å². The molecule has 0 spiro atoms. The Morgan fingerprint density at radius 3 is 3.10 bits per heavy atom. The standard InChI is InChI=1S/C16H23ClN2O/c1-11-4-5-19(9-13(11)8-18)10-15-7-12-6-14(17)2-3-16(12)20-15/h2-3,6,11,13,15H,4-5,7-10,18H2,1H3. The van der Waals surface area contributed by atoms with Gasteiger partial charge in [-0.05, 0) is 55.1 Å². The molecule has 0 aliphatic carbocycles. The summed E-state index contributed by atoms with van der Waals surface area (Å²) >= 11 is 6.04. The van der Waals surface area contributed by atoms with Crippen LogP contribution in [0.15, 0.2) is 18.2 Å². The van der Waals surface area contributed by atoms with E-state index in [0.717, 1.165) is 49.3 Å². The zero-order chi connectivity index (χ0) is 14.1. The van der Waals surface area contributed by atoms with Gasteiger partial charge >= 0.3 is 0 Å². The van der Waals surface area contributed by atoms with Crippen LogP contribution in [-0.4, -0.2) is 37.2 Å². The number of halogens is 1. The zero-order valence-electron chi connectivity index (χ0n) is 12.0. The van der Waals surface area contributed by atoms with E-state index in [4.69, 9.17) is 22.1 Å². The van der Waals surface area contributed by atoms with Crippen LogP contribution in [0.1, 0.15) is 18.9 Å². The van der Waals surface area contributed by atoms with E-state index in [9.17, 15) is 0 Å². The lowest BCUT2D eigenvalue weighted by molar-refractivity contribution is 0.0881. The molecule has 3 rings (SSSR count). The maximum absolute atomic E-state index is 6.04. The van der Waals surface area contributed by atoms with Crippen molar-refractivity contribution in [3.63, 3.8) is 0 Å². The average molecular weight is 295 g/mol. The number of hydrogen-bond donors (Lipinski definition) is 1. The molecule has 20 heavy (non-hydrogen) atoms. The smallest absolute Gasteiger partial charge is 0.123 e. The number of nitrogens with zero attached hydrogens (tertiary/aromatic N) is 1. The molecule has 0 saturated carbocycles. The summed E-state index contributed by atoms with van der Waals surface area (Å²) in [6.45, 7) is 6.37. The van der Waals surface area contributed by atoms with E-state index in [-0.39, 0.29) is 6.10 Å². The lowest BCUT2D eigenvalue weighted by Crippen LogP contribution is -2.46. The Bertz CT molecular complexity index is 480. The number of ether oxygens (including phenoxy) is 1. The molecule has 2 N–H and O–H groups in total. The lowest BCUT2D eigenvalue weighted by atomic mass is 9.87. The predicted molar refractivity (Wildman–Crippen MR) is 82.3 cm³/mol. The van der Waals surface area contributed by atoms with Crippen molar-refractivity contribution in [2.75, 3.05) is 26.2 Å². The van der Waals surface area contributed by atoms with Crippen molar-refractivity contribution >= 4 is 11.6 Å². The maximum atomic E-state index is 6.04. The third-order valence-electron chi connectivity index (χ3n) is 4.73. The summed E-state index contributed by atoms with van der Waals surface area (Å²) in [5.74, 6) is 2.37. The second kappa shape index (κ2) is 5.92. The number of rotatable bonds is 3. The van der Waals surface area contributed by atoms with Crippen LogP contribution >= 0.6 is 11.6 Å². The Morgan fingerprint density at radius 1 is 1.45 bits per heavy atom. The number of piperidine rings is 1. The van der Waals surface area contributed by atoms with Gasteiger partial charge in [0.2, 0.25) is 0 Å². The summed E-state index contributed by atoms with van der Waals surface area (Å²) in [7, 11) is 0. The third-order valence-corrected chi connectivity index (χ3v) is 4.96. The van der Waals surface area contributed by atoms with Crippen LogP contribution < -0.4 is 10.5 Å². The highest BCUT2D eigenvalue weighted by Gasteiger charge is 2.29. The average Bonchev–Trinajstić information content (AvgIpc) is 2.82. The first-order chi connectivity index (χ1) is 9.65. The summed E-state index contributed by atoms with van der Waals surface area (Å²) in [5.41, 5.74) is 7.12. The summed E-state index contributed by atoms with van der Waals surface area (Å²) in [4.78, 5) is 2.51. The topological polar surface area (TPSA) is 38.5 Å². The number of nitrogens with two attached hydrogens (primary N) is 1. The van der Waals surface area contributed by atoms with E-state index >= 15 is 0 Å². The lowest BCUT2D eigenvalue weighted by Gasteiger charge is -2.37. The van der Waals surface area contributed by atoms with Crippen LogP contribution in [0.25, 0.3) is 0 Å². The van der Waals surface area contributed by atoms with Crippen molar-refractivity contribution < 1.29 is 4.74 Å². The summed E-state index contributed by atoms with van der Waals surface area (Å²) < 4.78 is 6.03. The molecule has 3 atom stereocenters. The van der Waals surface area contributed by atoms with Gasteiger partial charge in [-0.3, -0.25) is 4.90 Å². The normalized spacial score (nSPS) is 30.1. The largest absolute Gasteiger partial charge is 0.488 e. The summed E-state index contributed by atoms with van der Waals surface area (Å²) in [6, 6.07) is 5.91. The highest BCUT2D eigenvalue weighted by atomic mass is 35.5. The number of likely N-dealkylation sites (tertiary alicyclic amines) is 1. The minimum absolute atomic E-state index is 0.260. The monoisotopic (exact) mass is 294 g/mol. The molecule has 1 aromatic carbocycles. The van der Waals surface area contributed by atoms with Crippen LogP contribution in [0.5, 0.6) is 5.75 Å². The van der Waals surface area contributed by atoms with Crippen LogP contribution in [-0.2, 0) is 6.42 Å². The number of fused-ring (bicyclic) bond motifs is 1. The fraction of sp³-hybridized carbons (Fsp3) is 0.625. The van der Waals surface area contributed by atoms with Gasteiger partial charge in [0.25, 0.3) is 0 Å². The van der Waals surface area contributed by atoms with E-state index in [1.165, 1.54) is 12.0 Å². The van der Waals surface area contributed by atoms with Crippen molar-refractivity contribution in [1.29, 1.82) is 0 Å². The van der Waals surface area contributed by atoms with E-state index in [1.807, 2.05) is 18.2 Å². The van der Waals surface area contributed by atoms with Gasteiger partial charge in [-0.2, -0.15) is 0 Å². The number of hydrogen-bond acceptors (Lipinski definition) is 3. The van der Waals surface area contributed by atoms with E-state index < -0.39 is 0 Å². The van der Waals surface area contributed by atoms with E-state index in [0.29, 0.717) is 5.92 Å². The van der Waals surface area contributed by atoms with Gasteiger partial charge in [0.1, 0.15) is 11.9 Å². The molecule has 1 fully saturated rings. The quantitative estimate of drug-likeness (QED) is 0.931. The van der Waals surface area contributed by atoms with Gasteiger partial charge in [0.15, 0.2) is 0 Å². The van der Waals surface area contributed by atoms with Crippen LogP contribution in [0.4, 0.5) is 0 Å². The molecule has 3 nitrogen and oxygen atoms in total. The van der Waals surface area contributed by atoms with Gasteiger partial charge in [-0.15, -0.1) is 0 Å². The first-order valence-electron chi connectivity index (χ1n) is 7.53. The SMILES string of the molecule is CC1CCN(CC2Cc3cc(Cl)ccc3O2)CC1CN. The van der Waals surface area contributed by atoms with Crippen molar-refractivity contribution in [3.8, 4) is 5.75 Å². The van der Waals surface area contributed by atoms with Crippen LogP contribution in [0.2, 0.25) is 5.02 Å². The molecule has 0 radical (unpaired) electrons. The van der Waals surface area contributed by atoms with Crippen molar-refractivity contribution in [2.45, 2.75) is 25.9 Å². The Labute approximate surface area is 126 Å². The van der Waals surface area contributed by atoms with E-state index in [2.05, 4.69) is 11.8 Å². The van der Waals surface area contributed by atoms with Crippen molar-refractivity contribution in [2.24, 2.45) is 17.6 Å². The first-order valence-corrected chi connectivity index (χ1v) is 7.91. The van der Waals surface area contributed by atoms with Gasteiger partial charge in [0.05, 0.1) is 0 Å². The maximum Gasteiger partial charge on any atom is 0.123 e. The van der Waals surface area contributed by atoms with Gasteiger partial charge in [-0.25, -0.2) is 0 Å². The zero-order valence-corrected chi connectivity index (χ0v) is 12.8. The van der Waals surface area contributed by atoms with Gasteiger partial charge in [-0.1, -0.05) is 18.5 Å². The Kier molecular flexibility index (Phi) is 4.20. The predicted octanol–water partition coefficient (Wildman–Crippen LogP) is 2.56.